The smallest absolute Gasteiger partial charge is 0.338 e. The highest BCUT2D eigenvalue weighted by atomic mass is 19.1. The second-order valence-corrected chi connectivity index (χ2v) is 3.05. The second kappa shape index (κ2) is 5.16. The second-order valence-electron chi connectivity index (χ2n) is 3.05. The summed E-state index contributed by atoms with van der Waals surface area (Å²) in [5.41, 5.74) is 0.699. The van der Waals surface area contributed by atoms with Gasteiger partial charge in [-0.15, -0.1) is 12.3 Å². The molecule has 0 saturated carbocycles. The number of terminal acetylenes is 1. The molecular weight excluding hydrogens is 195 g/mol. The van der Waals surface area contributed by atoms with Crippen LogP contribution in [-0.4, -0.2) is 12.6 Å². The summed E-state index contributed by atoms with van der Waals surface area (Å²) in [6.45, 7) is 1.79. The van der Waals surface area contributed by atoms with Gasteiger partial charge >= 0.3 is 5.97 Å². The zero-order valence-corrected chi connectivity index (χ0v) is 8.42. The average molecular weight is 206 g/mol. The molecule has 78 valence electrons. The lowest BCUT2D eigenvalue weighted by Crippen LogP contribution is -2.06. The molecule has 1 aromatic rings. The summed E-state index contributed by atoms with van der Waals surface area (Å²) in [4.78, 5) is 11.3. The molecule has 0 aliphatic carbocycles. The quantitative estimate of drug-likeness (QED) is 0.431. The first-order valence-electron chi connectivity index (χ1n) is 4.52. The van der Waals surface area contributed by atoms with Crippen molar-refractivity contribution in [2.24, 2.45) is 0 Å². The monoisotopic (exact) mass is 206 g/mol. The number of benzene rings is 1. The maximum atomic E-state index is 13.1. The molecule has 15 heavy (non-hydrogen) atoms. The van der Waals surface area contributed by atoms with Crippen molar-refractivity contribution in [1.29, 1.82) is 0 Å². The van der Waals surface area contributed by atoms with Gasteiger partial charge in [-0.1, -0.05) is 6.07 Å². The normalized spacial score (nSPS) is 9.40. The lowest BCUT2D eigenvalue weighted by atomic mass is 10.1. The molecule has 0 amide bonds. The van der Waals surface area contributed by atoms with Crippen LogP contribution in [0.3, 0.4) is 0 Å². The van der Waals surface area contributed by atoms with Gasteiger partial charge in [-0.05, 0) is 24.6 Å². The molecular formula is C12H11FO2. The predicted octanol–water partition coefficient (Wildman–Crippen LogP) is 2.31. The molecule has 0 fully saturated rings. The van der Waals surface area contributed by atoms with E-state index in [0.29, 0.717) is 12.0 Å². The number of hydrogen-bond acceptors (Lipinski definition) is 2. The molecule has 0 N–H and O–H groups in total. The van der Waals surface area contributed by atoms with Gasteiger partial charge in [-0.25, -0.2) is 9.18 Å². The van der Waals surface area contributed by atoms with Crippen LogP contribution in [0.15, 0.2) is 18.2 Å². The third kappa shape index (κ3) is 3.10. The topological polar surface area (TPSA) is 26.3 Å². The molecule has 0 spiro atoms. The first kappa shape index (κ1) is 11.3. The van der Waals surface area contributed by atoms with Gasteiger partial charge in [-0.2, -0.15) is 0 Å². The van der Waals surface area contributed by atoms with Crippen molar-refractivity contribution in [2.45, 2.75) is 13.3 Å². The van der Waals surface area contributed by atoms with Crippen molar-refractivity contribution in [3.63, 3.8) is 0 Å². The standard InChI is InChI=1S/C12H11FO2/c1-3-4-7-15-12(14)10-6-5-9(2)11(13)8-10/h1,5-6,8H,4,7H2,2H3. The number of rotatable bonds is 3. The van der Waals surface area contributed by atoms with Gasteiger partial charge in [0.25, 0.3) is 0 Å². The molecule has 0 radical (unpaired) electrons. The van der Waals surface area contributed by atoms with Crippen LogP contribution in [0.1, 0.15) is 22.3 Å². The summed E-state index contributed by atoms with van der Waals surface area (Å²) in [5.74, 6) is 1.38. The fourth-order valence-corrected chi connectivity index (χ4v) is 1.01. The average Bonchev–Trinajstić information content (AvgIpc) is 2.22. The third-order valence-corrected chi connectivity index (χ3v) is 1.89. The Kier molecular flexibility index (Phi) is 3.87. The molecule has 0 aromatic heterocycles. The zero-order chi connectivity index (χ0) is 11.3. The van der Waals surface area contributed by atoms with Crippen molar-refractivity contribution >= 4 is 5.97 Å². The van der Waals surface area contributed by atoms with E-state index in [4.69, 9.17) is 11.2 Å². The SMILES string of the molecule is C#CCCOC(=O)c1ccc(C)c(F)c1. The molecule has 1 rings (SSSR count). The van der Waals surface area contributed by atoms with Gasteiger partial charge < -0.3 is 4.74 Å². The number of aryl methyl sites for hydroxylation is 1. The molecule has 0 aliphatic rings. The van der Waals surface area contributed by atoms with Crippen molar-refractivity contribution in [3.05, 3.63) is 35.1 Å². The van der Waals surface area contributed by atoms with Crippen LogP contribution in [0.2, 0.25) is 0 Å². The zero-order valence-electron chi connectivity index (χ0n) is 8.42. The van der Waals surface area contributed by atoms with Gasteiger partial charge in [0, 0.05) is 6.42 Å². The number of hydrogen-bond donors (Lipinski definition) is 0. The van der Waals surface area contributed by atoms with Crippen LogP contribution in [0.4, 0.5) is 4.39 Å². The molecule has 0 heterocycles. The van der Waals surface area contributed by atoms with E-state index < -0.39 is 11.8 Å². The Hall–Kier alpha value is -1.82. The summed E-state index contributed by atoms with van der Waals surface area (Å²) in [6, 6.07) is 4.22. The maximum Gasteiger partial charge on any atom is 0.338 e. The van der Waals surface area contributed by atoms with Crippen molar-refractivity contribution in [1.82, 2.24) is 0 Å². The Balaban J connectivity index is 2.67. The van der Waals surface area contributed by atoms with Crippen molar-refractivity contribution in [3.8, 4) is 12.3 Å². The van der Waals surface area contributed by atoms with Gasteiger partial charge in [0.05, 0.1) is 5.56 Å². The number of esters is 1. The Labute approximate surface area is 88.1 Å². The van der Waals surface area contributed by atoms with E-state index >= 15 is 0 Å². The van der Waals surface area contributed by atoms with Crippen LogP contribution in [0, 0.1) is 25.1 Å². The van der Waals surface area contributed by atoms with E-state index in [1.165, 1.54) is 12.1 Å². The highest BCUT2D eigenvalue weighted by molar-refractivity contribution is 5.89. The first-order valence-corrected chi connectivity index (χ1v) is 4.52. The molecule has 0 saturated heterocycles. The highest BCUT2D eigenvalue weighted by Gasteiger charge is 2.08. The summed E-state index contributed by atoms with van der Waals surface area (Å²) < 4.78 is 17.9. The van der Waals surface area contributed by atoms with E-state index in [2.05, 4.69) is 5.92 Å². The van der Waals surface area contributed by atoms with Gasteiger partial charge in [-0.3, -0.25) is 0 Å². The maximum absolute atomic E-state index is 13.1. The predicted molar refractivity (Wildman–Crippen MR) is 54.9 cm³/mol. The Morgan fingerprint density at radius 2 is 2.33 bits per heavy atom. The van der Waals surface area contributed by atoms with Crippen LogP contribution >= 0.6 is 0 Å². The molecule has 3 heteroatoms. The number of carbonyl (C=O) groups excluding carboxylic acids is 1. The van der Waals surface area contributed by atoms with E-state index in [-0.39, 0.29) is 12.2 Å². The van der Waals surface area contributed by atoms with E-state index in [1.54, 1.807) is 6.92 Å². The summed E-state index contributed by atoms with van der Waals surface area (Å²) in [7, 11) is 0. The van der Waals surface area contributed by atoms with Crippen LogP contribution in [0.25, 0.3) is 0 Å². The number of carbonyl (C=O) groups is 1. The van der Waals surface area contributed by atoms with Crippen LogP contribution < -0.4 is 0 Å². The van der Waals surface area contributed by atoms with Crippen molar-refractivity contribution < 1.29 is 13.9 Å². The Bertz CT molecular complexity index is 405. The fraction of sp³-hybridized carbons (Fsp3) is 0.250. The van der Waals surface area contributed by atoms with E-state index in [0.717, 1.165) is 6.07 Å². The van der Waals surface area contributed by atoms with Crippen molar-refractivity contribution in [2.75, 3.05) is 6.61 Å². The third-order valence-electron chi connectivity index (χ3n) is 1.89. The highest BCUT2D eigenvalue weighted by Crippen LogP contribution is 2.10. The molecule has 2 nitrogen and oxygen atoms in total. The summed E-state index contributed by atoms with van der Waals surface area (Å²) in [6.07, 6.45) is 5.36. The lowest BCUT2D eigenvalue weighted by Gasteiger charge is -2.03. The van der Waals surface area contributed by atoms with Crippen LogP contribution in [-0.2, 0) is 4.74 Å². The molecule has 0 aliphatic heterocycles. The summed E-state index contributed by atoms with van der Waals surface area (Å²) in [5, 5.41) is 0. The van der Waals surface area contributed by atoms with E-state index in [1.807, 2.05) is 0 Å². The summed E-state index contributed by atoms with van der Waals surface area (Å²) >= 11 is 0. The van der Waals surface area contributed by atoms with Gasteiger partial charge in [0.15, 0.2) is 0 Å². The Morgan fingerprint density at radius 3 is 2.93 bits per heavy atom. The molecule has 0 bridgehead atoms. The van der Waals surface area contributed by atoms with E-state index in [9.17, 15) is 9.18 Å². The Morgan fingerprint density at radius 1 is 1.60 bits per heavy atom. The minimum Gasteiger partial charge on any atom is -0.461 e. The minimum atomic E-state index is -0.552. The van der Waals surface area contributed by atoms with Crippen LogP contribution in [0.5, 0.6) is 0 Å². The van der Waals surface area contributed by atoms with Gasteiger partial charge in [0.2, 0.25) is 0 Å². The molecule has 0 atom stereocenters. The lowest BCUT2D eigenvalue weighted by molar-refractivity contribution is 0.0513. The number of ether oxygens (including phenoxy) is 1. The number of halogens is 1. The first-order chi connectivity index (χ1) is 7.15. The molecule has 1 aromatic carbocycles. The fourth-order valence-electron chi connectivity index (χ4n) is 1.01. The largest absolute Gasteiger partial charge is 0.461 e. The minimum absolute atomic E-state index is 0.158. The molecule has 0 unspecified atom stereocenters. The van der Waals surface area contributed by atoms with Gasteiger partial charge in [0.1, 0.15) is 12.4 Å².